The lowest BCUT2D eigenvalue weighted by molar-refractivity contribution is 0.0290. The van der Waals surface area contributed by atoms with Crippen LogP contribution in [-0.4, -0.2) is 22.4 Å². The summed E-state index contributed by atoms with van der Waals surface area (Å²) in [6.07, 6.45) is 1.90. The van der Waals surface area contributed by atoms with Gasteiger partial charge in [-0.05, 0) is 44.7 Å². The molecule has 0 spiro atoms. The Morgan fingerprint density at radius 3 is 2.70 bits per heavy atom. The lowest BCUT2D eigenvalue weighted by atomic mass is 9.90. The number of carbonyl (C=O) groups is 1. The van der Waals surface area contributed by atoms with Gasteiger partial charge in [0.15, 0.2) is 0 Å². The normalized spacial score (nSPS) is 12.8. The molecular weight excluding hydrogens is 278 g/mol. The van der Waals surface area contributed by atoms with Crippen molar-refractivity contribution in [1.82, 2.24) is 4.98 Å². The number of hydrogen-bond acceptors (Lipinski definition) is 4. The quantitative estimate of drug-likeness (QED) is 0.789. The third-order valence-corrected chi connectivity index (χ3v) is 3.03. The van der Waals surface area contributed by atoms with Gasteiger partial charge >= 0.3 is 6.09 Å². The highest BCUT2D eigenvalue weighted by Gasteiger charge is 2.25. The molecule has 0 aliphatic heterocycles. The van der Waals surface area contributed by atoms with Gasteiger partial charge < -0.3 is 15.9 Å². The highest BCUT2D eigenvalue weighted by atomic mass is 35.5. The van der Waals surface area contributed by atoms with Crippen LogP contribution in [0.1, 0.15) is 39.3 Å². The van der Waals surface area contributed by atoms with Gasteiger partial charge in [-0.1, -0.05) is 18.5 Å². The fourth-order valence-electron chi connectivity index (χ4n) is 2.23. The highest BCUT2D eigenvalue weighted by Crippen LogP contribution is 2.23. The van der Waals surface area contributed by atoms with Gasteiger partial charge in [0.25, 0.3) is 0 Å². The number of amides is 1. The van der Waals surface area contributed by atoms with Crippen molar-refractivity contribution >= 4 is 23.4 Å². The summed E-state index contributed by atoms with van der Waals surface area (Å²) in [7, 11) is 0. The second-order valence-corrected chi connectivity index (χ2v) is 5.97. The number of halogens is 1. The van der Waals surface area contributed by atoms with Gasteiger partial charge in [-0.3, -0.25) is 4.98 Å². The molecular formula is C14H20ClN3O2. The van der Waals surface area contributed by atoms with E-state index in [1.165, 1.54) is 6.20 Å². The van der Waals surface area contributed by atoms with Crippen molar-refractivity contribution in [2.75, 3.05) is 0 Å². The van der Waals surface area contributed by atoms with Crippen molar-refractivity contribution < 1.29 is 9.53 Å². The first-order valence-corrected chi connectivity index (χ1v) is 6.75. The van der Waals surface area contributed by atoms with Gasteiger partial charge in [0, 0.05) is 6.20 Å². The SMILES string of the molecule is C[C@H](CC(=N)c1ccc(Cl)cn1)CC(C)(C)OC(N)=O. The predicted octanol–water partition coefficient (Wildman–Crippen LogP) is 3.39. The Bertz CT molecular complexity index is 486. The summed E-state index contributed by atoms with van der Waals surface area (Å²) in [5.74, 6) is 0.161. The molecule has 3 N–H and O–H groups in total. The maximum absolute atomic E-state index is 10.8. The van der Waals surface area contributed by atoms with Crippen LogP contribution < -0.4 is 5.73 Å². The molecule has 0 aliphatic rings. The Hall–Kier alpha value is -1.62. The van der Waals surface area contributed by atoms with E-state index in [0.29, 0.717) is 29.3 Å². The largest absolute Gasteiger partial charge is 0.444 e. The van der Waals surface area contributed by atoms with Crippen molar-refractivity contribution in [3.05, 3.63) is 29.0 Å². The summed E-state index contributed by atoms with van der Waals surface area (Å²) in [6.45, 7) is 5.60. The number of aromatic nitrogens is 1. The van der Waals surface area contributed by atoms with E-state index in [1.54, 1.807) is 26.0 Å². The molecule has 6 heteroatoms. The van der Waals surface area contributed by atoms with Gasteiger partial charge in [0.2, 0.25) is 0 Å². The van der Waals surface area contributed by atoms with Gasteiger partial charge in [0.05, 0.1) is 16.4 Å². The minimum Gasteiger partial charge on any atom is -0.444 e. The van der Waals surface area contributed by atoms with Crippen molar-refractivity contribution in [3.8, 4) is 0 Å². The smallest absolute Gasteiger partial charge is 0.405 e. The number of pyridine rings is 1. The maximum Gasteiger partial charge on any atom is 0.405 e. The number of nitrogens with two attached hydrogens (primary N) is 1. The zero-order valence-corrected chi connectivity index (χ0v) is 12.7. The number of carbonyl (C=O) groups excluding carboxylic acids is 1. The van der Waals surface area contributed by atoms with Crippen molar-refractivity contribution in [2.45, 2.75) is 39.2 Å². The lowest BCUT2D eigenvalue weighted by Gasteiger charge is -2.27. The van der Waals surface area contributed by atoms with Crippen LogP contribution in [0, 0.1) is 11.3 Å². The molecule has 5 nitrogen and oxygen atoms in total. The average molecular weight is 298 g/mol. The van der Waals surface area contributed by atoms with Gasteiger partial charge in [-0.25, -0.2) is 4.79 Å². The molecule has 1 rings (SSSR count). The molecule has 0 saturated carbocycles. The fourth-order valence-corrected chi connectivity index (χ4v) is 2.34. The van der Waals surface area contributed by atoms with Crippen LogP contribution in [-0.2, 0) is 4.74 Å². The Kier molecular flexibility index (Phi) is 5.51. The van der Waals surface area contributed by atoms with Crippen LogP contribution in [0.15, 0.2) is 18.3 Å². The van der Waals surface area contributed by atoms with Crippen LogP contribution in [0.3, 0.4) is 0 Å². The fraction of sp³-hybridized carbons (Fsp3) is 0.500. The van der Waals surface area contributed by atoms with E-state index in [9.17, 15) is 4.79 Å². The highest BCUT2D eigenvalue weighted by molar-refractivity contribution is 6.30. The topological polar surface area (TPSA) is 89.1 Å². The van der Waals surface area contributed by atoms with Gasteiger partial charge in [-0.15, -0.1) is 0 Å². The molecule has 1 atom stereocenters. The van der Waals surface area contributed by atoms with E-state index in [2.05, 4.69) is 4.98 Å². The first-order chi connectivity index (χ1) is 9.19. The molecule has 0 fully saturated rings. The Balaban J connectivity index is 2.57. The first-order valence-electron chi connectivity index (χ1n) is 6.37. The summed E-state index contributed by atoms with van der Waals surface area (Å²) in [5.41, 5.74) is 5.44. The summed E-state index contributed by atoms with van der Waals surface area (Å²) >= 11 is 5.76. The molecule has 1 amide bonds. The maximum atomic E-state index is 10.8. The number of nitrogens with one attached hydrogen (secondary N) is 1. The summed E-state index contributed by atoms with van der Waals surface area (Å²) in [6, 6.07) is 3.44. The Morgan fingerprint density at radius 2 is 2.20 bits per heavy atom. The molecule has 0 unspecified atom stereocenters. The van der Waals surface area contributed by atoms with E-state index in [-0.39, 0.29) is 5.92 Å². The minimum absolute atomic E-state index is 0.161. The molecule has 0 aliphatic carbocycles. The summed E-state index contributed by atoms with van der Waals surface area (Å²) in [5, 5.41) is 8.59. The van der Waals surface area contributed by atoms with Crippen LogP contribution in [0.25, 0.3) is 0 Å². The van der Waals surface area contributed by atoms with Crippen LogP contribution >= 0.6 is 11.6 Å². The van der Waals surface area contributed by atoms with Gasteiger partial charge in [-0.2, -0.15) is 0 Å². The second kappa shape index (κ2) is 6.70. The standard InChI is InChI=1S/C14H20ClN3O2/c1-9(7-14(2,3)20-13(17)19)6-11(16)12-5-4-10(15)8-18-12/h4-5,8-9,16H,6-7H2,1-3H3,(H2,17,19)/t9-/m1/s1. The van der Waals surface area contributed by atoms with Crippen molar-refractivity contribution in [1.29, 1.82) is 5.41 Å². The number of rotatable bonds is 6. The van der Waals surface area contributed by atoms with E-state index < -0.39 is 11.7 Å². The molecule has 0 bridgehead atoms. The molecule has 20 heavy (non-hydrogen) atoms. The van der Waals surface area contributed by atoms with Crippen molar-refractivity contribution in [2.24, 2.45) is 11.7 Å². The number of nitrogens with zero attached hydrogens (tertiary/aromatic N) is 1. The Morgan fingerprint density at radius 1 is 1.55 bits per heavy atom. The second-order valence-electron chi connectivity index (χ2n) is 5.53. The molecule has 1 aromatic rings. The molecule has 110 valence electrons. The first kappa shape index (κ1) is 16.4. The van der Waals surface area contributed by atoms with Crippen LogP contribution in [0.5, 0.6) is 0 Å². The van der Waals surface area contributed by atoms with E-state index in [1.807, 2.05) is 6.92 Å². The van der Waals surface area contributed by atoms with E-state index in [4.69, 9.17) is 27.5 Å². The lowest BCUT2D eigenvalue weighted by Crippen LogP contribution is -2.33. The monoisotopic (exact) mass is 297 g/mol. The van der Waals surface area contributed by atoms with E-state index in [0.717, 1.165) is 0 Å². The van der Waals surface area contributed by atoms with Gasteiger partial charge in [0.1, 0.15) is 5.60 Å². The third-order valence-electron chi connectivity index (χ3n) is 2.81. The van der Waals surface area contributed by atoms with Crippen LogP contribution in [0.4, 0.5) is 4.79 Å². The number of primary amides is 1. The molecule has 1 aromatic heterocycles. The number of hydrogen-bond donors (Lipinski definition) is 2. The molecule has 0 aromatic carbocycles. The van der Waals surface area contributed by atoms with E-state index >= 15 is 0 Å². The molecule has 1 heterocycles. The Labute approximate surface area is 124 Å². The number of ether oxygens (including phenoxy) is 1. The minimum atomic E-state index is -0.781. The summed E-state index contributed by atoms with van der Waals surface area (Å²) in [4.78, 5) is 14.9. The summed E-state index contributed by atoms with van der Waals surface area (Å²) < 4.78 is 5.05. The molecule has 0 radical (unpaired) electrons. The zero-order valence-electron chi connectivity index (χ0n) is 11.9. The van der Waals surface area contributed by atoms with Crippen molar-refractivity contribution in [3.63, 3.8) is 0 Å². The predicted molar refractivity (Wildman–Crippen MR) is 79.2 cm³/mol. The molecule has 0 saturated heterocycles. The zero-order chi connectivity index (χ0) is 15.3. The van der Waals surface area contributed by atoms with Crippen LogP contribution in [0.2, 0.25) is 5.02 Å². The average Bonchev–Trinajstić information content (AvgIpc) is 2.26. The third kappa shape index (κ3) is 5.57.